The van der Waals surface area contributed by atoms with Crippen LogP contribution in [0.5, 0.6) is 0 Å². The van der Waals surface area contributed by atoms with E-state index in [0.29, 0.717) is 13.0 Å². The highest BCUT2D eigenvalue weighted by atomic mass is 16.2. The second kappa shape index (κ2) is 8.90. The number of amides is 1. The van der Waals surface area contributed by atoms with E-state index in [-0.39, 0.29) is 11.8 Å². The van der Waals surface area contributed by atoms with Gasteiger partial charge in [-0.1, -0.05) is 36.4 Å². The normalized spacial score (nSPS) is 11.7. The number of likely N-dealkylation sites (N-methyl/N-ethyl adjacent to an activating group) is 1. The van der Waals surface area contributed by atoms with Crippen molar-refractivity contribution in [3.05, 3.63) is 96.1 Å². The van der Waals surface area contributed by atoms with Crippen LogP contribution in [0.25, 0.3) is 0 Å². The fourth-order valence-electron chi connectivity index (χ4n) is 3.01. The molecule has 0 aliphatic carbocycles. The molecule has 4 nitrogen and oxygen atoms in total. The van der Waals surface area contributed by atoms with Crippen LogP contribution in [-0.4, -0.2) is 34.4 Å². The van der Waals surface area contributed by atoms with Crippen LogP contribution in [0.2, 0.25) is 0 Å². The summed E-state index contributed by atoms with van der Waals surface area (Å²) in [6.07, 6.45) is 8.62. The third-order valence-corrected chi connectivity index (χ3v) is 4.52. The molecule has 0 aliphatic rings. The Morgan fingerprint density at radius 2 is 1.69 bits per heavy atom. The molecule has 2 aromatic heterocycles. The van der Waals surface area contributed by atoms with E-state index in [1.54, 1.807) is 18.6 Å². The maximum absolute atomic E-state index is 13.2. The van der Waals surface area contributed by atoms with Crippen LogP contribution < -0.4 is 0 Å². The van der Waals surface area contributed by atoms with E-state index in [9.17, 15) is 4.79 Å². The number of hydrogen-bond donors (Lipinski definition) is 0. The summed E-state index contributed by atoms with van der Waals surface area (Å²) in [6.45, 7) is 0.680. The molecule has 0 bridgehead atoms. The summed E-state index contributed by atoms with van der Waals surface area (Å²) >= 11 is 0. The first-order valence-corrected chi connectivity index (χ1v) is 8.82. The first-order chi connectivity index (χ1) is 12.7. The van der Waals surface area contributed by atoms with Crippen molar-refractivity contribution in [2.24, 2.45) is 0 Å². The first kappa shape index (κ1) is 17.8. The molecule has 132 valence electrons. The number of hydrogen-bond acceptors (Lipinski definition) is 3. The Hall–Kier alpha value is -3.01. The van der Waals surface area contributed by atoms with Crippen LogP contribution >= 0.6 is 0 Å². The Balaban J connectivity index is 1.73. The average Bonchev–Trinajstić information content (AvgIpc) is 2.72. The van der Waals surface area contributed by atoms with Crippen molar-refractivity contribution in [2.45, 2.75) is 18.8 Å². The molecule has 26 heavy (non-hydrogen) atoms. The highest BCUT2D eigenvalue weighted by Gasteiger charge is 2.24. The Bertz CT molecular complexity index is 807. The SMILES string of the molecule is CN(CCc1ccncc1)C(=O)C(Cc1cccnc1)c1ccccc1. The molecule has 3 aromatic rings. The zero-order valence-electron chi connectivity index (χ0n) is 15.0. The predicted molar refractivity (Wildman–Crippen MR) is 103 cm³/mol. The molecule has 1 atom stereocenters. The molecule has 1 amide bonds. The zero-order chi connectivity index (χ0) is 18.2. The van der Waals surface area contributed by atoms with Crippen LogP contribution in [0.1, 0.15) is 22.6 Å². The van der Waals surface area contributed by atoms with Crippen molar-refractivity contribution in [3.63, 3.8) is 0 Å². The zero-order valence-corrected chi connectivity index (χ0v) is 15.0. The number of carbonyl (C=O) groups excluding carboxylic acids is 1. The third-order valence-electron chi connectivity index (χ3n) is 4.52. The number of benzene rings is 1. The lowest BCUT2D eigenvalue weighted by Crippen LogP contribution is -2.34. The van der Waals surface area contributed by atoms with Crippen LogP contribution in [0.4, 0.5) is 0 Å². The van der Waals surface area contributed by atoms with Gasteiger partial charge in [0.15, 0.2) is 0 Å². The maximum Gasteiger partial charge on any atom is 0.230 e. The summed E-state index contributed by atoms with van der Waals surface area (Å²) in [7, 11) is 1.88. The van der Waals surface area contributed by atoms with E-state index in [1.165, 1.54) is 5.56 Å². The van der Waals surface area contributed by atoms with E-state index in [2.05, 4.69) is 9.97 Å². The van der Waals surface area contributed by atoms with Crippen molar-refractivity contribution in [3.8, 4) is 0 Å². The molecule has 0 N–H and O–H groups in total. The van der Waals surface area contributed by atoms with Gasteiger partial charge in [0.2, 0.25) is 5.91 Å². The quantitative estimate of drug-likeness (QED) is 0.658. The summed E-state index contributed by atoms with van der Waals surface area (Å²) in [6, 6.07) is 17.9. The lowest BCUT2D eigenvalue weighted by Gasteiger charge is -2.24. The molecule has 0 fully saturated rings. The van der Waals surface area contributed by atoms with Crippen molar-refractivity contribution < 1.29 is 4.79 Å². The maximum atomic E-state index is 13.2. The Labute approximate surface area is 154 Å². The molecule has 1 aromatic carbocycles. The standard InChI is InChI=1S/C22H23N3O/c1-25(15-11-18-9-13-23-14-10-18)22(26)21(20-7-3-2-4-8-20)16-19-6-5-12-24-17-19/h2-10,12-14,17,21H,11,15-16H2,1H3. The molecule has 0 saturated carbocycles. The van der Waals surface area contributed by atoms with E-state index >= 15 is 0 Å². The van der Waals surface area contributed by atoms with Gasteiger partial charge in [0.05, 0.1) is 5.92 Å². The number of carbonyl (C=O) groups is 1. The second-order valence-corrected chi connectivity index (χ2v) is 6.39. The van der Waals surface area contributed by atoms with E-state index in [4.69, 9.17) is 0 Å². The Morgan fingerprint density at radius 3 is 2.38 bits per heavy atom. The first-order valence-electron chi connectivity index (χ1n) is 8.82. The summed E-state index contributed by atoms with van der Waals surface area (Å²) in [5.41, 5.74) is 3.29. The third kappa shape index (κ3) is 4.76. The number of rotatable bonds is 7. The van der Waals surface area contributed by atoms with Crippen LogP contribution in [0, 0.1) is 0 Å². The van der Waals surface area contributed by atoms with Gasteiger partial charge in [0.1, 0.15) is 0 Å². The summed E-state index contributed by atoms with van der Waals surface area (Å²) < 4.78 is 0. The van der Waals surface area contributed by atoms with Crippen molar-refractivity contribution in [2.75, 3.05) is 13.6 Å². The minimum atomic E-state index is -0.206. The summed E-state index contributed by atoms with van der Waals surface area (Å²) in [5.74, 6) is -0.0723. The minimum Gasteiger partial charge on any atom is -0.345 e. The van der Waals surface area contributed by atoms with Gasteiger partial charge in [-0.3, -0.25) is 14.8 Å². The highest BCUT2D eigenvalue weighted by molar-refractivity contribution is 5.84. The van der Waals surface area contributed by atoms with Crippen molar-refractivity contribution in [1.82, 2.24) is 14.9 Å². The van der Waals surface area contributed by atoms with Gasteiger partial charge in [-0.2, -0.15) is 0 Å². The molecule has 0 spiro atoms. The fourth-order valence-corrected chi connectivity index (χ4v) is 3.01. The van der Waals surface area contributed by atoms with Crippen LogP contribution in [0.15, 0.2) is 79.4 Å². The fraction of sp³-hybridized carbons (Fsp3) is 0.227. The average molecular weight is 345 g/mol. The Kier molecular flexibility index (Phi) is 6.09. The highest BCUT2D eigenvalue weighted by Crippen LogP contribution is 2.23. The van der Waals surface area contributed by atoms with Crippen molar-refractivity contribution in [1.29, 1.82) is 0 Å². The number of aromatic nitrogens is 2. The molecule has 0 saturated heterocycles. The molecular formula is C22H23N3O. The van der Waals surface area contributed by atoms with Gasteiger partial charge in [0, 0.05) is 38.4 Å². The van der Waals surface area contributed by atoms with Gasteiger partial charge in [-0.15, -0.1) is 0 Å². The molecule has 0 radical (unpaired) electrons. The van der Waals surface area contributed by atoms with Crippen LogP contribution in [-0.2, 0) is 17.6 Å². The topological polar surface area (TPSA) is 46.1 Å². The Morgan fingerprint density at radius 1 is 0.923 bits per heavy atom. The summed E-state index contributed by atoms with van der Waals surface area (Å²) in [4.78, 5) is 23.2. The van der Waals surface area contributed by atoms with E-state index < -0.39 is 0 Å². The largest absolute Gasteiger partial charge is 0.345 e. The van der Waals surface area contributed by atoms with Gasteiger partial charge in [-0.05, 0) is 47.7 Å². The van der Waals surface area contributed by atoms with Gasteiger partial charge >= 0.3 is 0 Å². The summed E-state index contributed by atoms with van der Waals surface area (Å²) in [5, 5.41) is 0. The minimum absolute atomic E-state index is 0.133. The molecule has 2 heterocycles. The second-order valence-electron chi connectivity index (χ2n) is 6.39. The van der Waals surface area contributed by atoms with Crippen LogP contribution in [0.3, 0.4) is 0 Å². The molecular weight excluding hydrogens is 322 g/mol. The lowest BCUT2D eigenvalue weighted by molar-refractivity contribution is -0.131. The van der Waals surface area contributed by atoms with E-state index in [1.807, 2.05) is 72.7 Å². The van der Waals surface area contributed by atoms with E-state index in [0.717, 1.165) is 17.5 Å². The smallest absolute Gasteiger partial charge is 0.230 e. The molecule has 1 unspecified atom stereocenters. The monoisotopic (exact) mass is 345 g/mol. The molecule has 4 heteroatoms. The number of pyridine rings is 2. The van der Waals surface area contributed by atoms with Crippen molar-refractivity contribution >= 4 is 5.91 Å². The number of nitrogens with zero attached hydrogens (tertiary/aromatic N) is 3. The van der Waals surface area contributed by atoms with Gasteiger partial charge < -0.3 is 4.90 Å². The van der Waals surface area contributed by atoms with Gasteiger partial charge in [0.25, 0.3) is 0 Å². The molecule has 3 rings (SSSR count). The predicted octanol–water partition coefficient (Wildman–Crippen LogP) is 3.50. The van der Waals surface area contributed by atoms with Gasteiger partial charge in [-0.25, -0.2) is 0 Å². The molecule has 0 aliphatic heterocycles. The lowest BCUT2D eigenvalue weighted by atomic mass is 9.91.